The van der Waals surface area contributed by atoms with Gasteiger partial charge in [0.05, 0.1) is 10.7 Å². The molecule has 0 amide bonds. The van der Waals surface area contributed by atoms with Crippen molar-refractivity contribution in [2.75, 3.05) is 0 Å². The molecule has 0 aliphatic heterocycles. The molecule has 0 unspecified atom stereocenters. The van der Waals surface area contributed by atoms with Crippen molar-refractivity contribution in [3.63, 3.8) is 0 Å². The maximum Gasteiger partial charge on any atom is 0.142 e. The molecule has 0 saturated carbocycles. The van der Waals surface area contributed by atoms with E-state index < -0.39 is 0 Å². The average Bonchev–Trinajstić information content (AvgIpc) is 2.54. The van der Waals surface area contributed by atoms with Crippen LogP contribution in [0.2, 0.25) is 0 Å². The minimum absolute atomic E-state index is 0.424. The topological polar surface area (TPSA) is 41.8 Å². The molecule has 0 aromatic heterocycles. The SMILES string of the molecule is O/N=C\c1cc(Br)cc(Br)c1OCc1cccc2ccccc12. The Balaban J connectivity index is 1.94. The molecule has 3 nitrogen and oxygen atoms in total. The molecule has 0 bridgehead atoms. The summed E-state index contributed by atoms with van der Waals surface area (Å²) in [5.74, 6) is 0.638. The first-order valence-electron chi connectivity index (χ1n) is 6.95. The van der Waals surface area contributed by atoms with E-state index in [1.165, 1.54) is 17.0 Å². The van der Waals surface area contributed by atoms with Crippen molar-refractivity contribution in [2.45, 2.75) is 6.61 Å². The third-order valence-corrected chi connectivity index (χ3v) is 4.53. The second kappa shape index (κ2) is 7.15. The van der Waals surface area contributed by atoms with Gasteiger partial charge in [-0.3, -0.25) is 0 Å². The molecule has 0 heterocycles. The maximum atomic E-state index is 8.84. The van der Waals surface area contributed by atoms with E-state index in [1.54, 1.807) is 0 Å². The molecular formula is C18H13Br2NO2. The van der Waals surface area contributed by atoms with Crippen LogP contribution in [0.4, 0.5) is 0 Å². The van der Waals surface area contributed by atoms with Crippen LogP contribution >= 0.6 is 31.9 Å². The van der Waals surface area contributed by atoms with Crippen molar-refractivity contribution < 1.29 is 9.94 Å². The van der Waals surface area contributed by atoms with E-state index in [1.807, 2.05) is 30.3 Å². The van der Waals surface area contributed by atoms with E-state index in [9.17, 15) is 0 Å². The largest absolute Gasteiger partial charge is 0.487 e. The zero-order chi connectivity index (χ0) is 16.2. The fourth-order valence-corrected chi connectivity index (χ4v) is 3.83. The Morgan fingerprint density at radius 2 is 1.83 bits per heavy atom. The fraction of sp³-hybridized carbons (Fsp3) is 0.0556. The fourth-order valence-electron chi connectivity index (χ4n) is 2.46. The van der Waals surface area contributed by atoms with E-state index in [0.717, 1.165) is 14.5 Å². The zero-order valence-electron chi connectivity index (χ0n) is 12.0. The van der Waals surface area contributed by atoms with Crippen molar-refractivity contribution in [1.82, 2.24) is 0 Å². The molecule has 0 radical (unpaired) electrons. The Kier molecular flexibility index (Phi) is 4.98. The van der Waals surface area contributed by atoms with Crippen molar-refractivity contribution in [3.05, 3.63) is 74.7 Å². The number of fused-ring (bicyclic) bond motifs is 1. The van der Waals surface area contributed by atoms with Gasteiger partial charge >= 0.3 is 0 Å². The number of hydrogen-bond acceptors (Lipinski definition) is 3. The third kappa shape index (κ3) is 3.57. The van der Waals surface area contributed by atoms with Gasteiger partial charge < -0.3 is 9.94 Å². The van der Waals surface area contributed by atoms with Gasteiger partial charge in [-0.1, -0.05) is 63.6 Å². The lowest BCUT2D eigenvalue weighted by Gasteiger charge is -2.13. The molecule has 23 heavy (non-hydrogen) atoms. The molecular weight excluding hydrogens is 422 g/mol. The minimum Gasteiger partial charge on any atom is -0.487 e. The summed E-state index contributed by atoms with van der Waals surface area (Å²) in [4.78, 5) is 0. The Morgan fingerprint density at radius 1 is 1.04 bits per heavy atom. The Labute approximate surface area is 150 Å². The normalized spacial score (nSPS) is 11.2. The minimum atomic E-state index is 0.424. The lowest BCUT2D eigenvalue weighted by atomic mass is 10.1. The molecule has 3 aromatic carbocycles. The van der Waals surface area contributed by atoms with Gasteiger partial charge in [0.2, 0.25) is 0 Å². The van der Waals surface area contributed by atoms with Crippen LogP contribution < -0.4 is 4.74 Å². The lowest BCUT2D eigenvalue weighted by Crippen LogP contribution is -2.00. The Hall–Kier alpha value is -1.85. The summed E-state index contributed by atoms with van der Waals surface area (Å²) < 4.78 is 7.67. The summed E-state index contributed by atoms with van der Waals surface area (Å²) in [5.41, 5.74) is 1.79. The second-order valence-corrected chi connectivity index (χ2v) is 6.75. The van der Waals surface area contributed by atoms with Gasteiger partial charge in [-0.15, -0.1) is 0 Å². The van der Waals surface area contributed by atoms with E-state index in [4.69, 9.17) is 9.94 Å². The summed E-state index contributed by atoms with van der Waals surface area (Å²) in [7, 11) is 0. The number of oxime groups is 1. The molecule has 0 saturated heterocycles. The molecule has 0 aliphatic rings. The third-order valence-electron chi connectivity index (χ3n) is 3.49. The zero-order valence-corrected chi connectivity index (χ0v) is 15.2. The van der Waals surface area contributed by atoms with Crippen LogP contribution in [0.15, 0.2) is 68.7 Å². The van der Waals surface area contributed by atoms with Crippen molar-refractivity contribution in [1.29, 1.82) is 0 Å². The van der Waals surface area contributed by atoms with Gasteiger partial charge in [-0.2, -0.15) is 0 Å². The predicted molar refractivity (Wildman–Crippen MR) is 99.5 cm³/mol. The highest BCUT2D eigenvalue weighted by molar-refractivity contribution is 9.11. The van der Waals surface area contributed by atoms with Crippen LogP contribution in [0.1, 0.15) is 11.1 Å². The van der Waals surface area contributed by atoms with E-state index in [-0.39, 0.29) is 0 Å². The summed E-state index contributed by atoms with van der Waals surface area (Å²) in [5, 5.41) is 14.3. The van der Waals surface area contributed by atoms with Gasteiger partial charge in [0.25, 0.3) is 0 Å². The first-order valence-corrected chi connectivity index (χ1v) is 8.53. The highest BCUT2D eigenvalue weighted by Gasteiger charge is 2.10. The van der Waals surface area contributed by atoms with E-state index >= 15 is 0 Å². The molecule has 1 N–H and O–H groups in total. The number of rotatable bonds is 4. The van der Waals surface area contributed by atoms with Crippen LogP contribution in [0, 0.1) is 0 Å². The van der Waals surface area contributed by atoms with Gasteiger partial charge in [0.15, 0.2) is 0 Å². The van der Waals surface area contributed by atoms with Crippen LogP contribution in [0.3, 0.4) is 0 Å². The summed E-state index contributed by atoms with van der Waals surface area (Å²) >= 11 is 6.91. The number of halogens is 2. The molecule has 0 fully saturated rings. The van der Waals surface area contributed by atoms with E-state index in [0.29, 0.717) is 17.9 Å². The number of ether oxygens (including phenoxy) is 1. The summed E-state index contributed by atoms with van der Waals surface area (Å²) in [6, 6.07) is 18.1. The summed E-state index contributed by atoms with van der Waals surface area (Å²) in [6.07, 6.45) is 1.36. The second-order valence-electron chi connectivity index (χ2n) is 4.98. The molecule has 0 spiro atoms. The van der Waals surface area contributed by atoms with Crippen molar-refractivity contribution in [2.24, 2.45) is 5.16 Å². The number of nitrogens with zero attached hydrogens (tertiary/aromatic N) is 1. The molecule has 5 heteroatoms. The Morgan fingerprint density at radius 3 is 2.65 bits per heavy atom. The summed E-state index contributed by atoms with van der Waals surface area (Å²) in [6.45, 7) is 0.424. The van der Waals surface area contributed by atoms with E-state index in [2.05, 4.69) is 61.3 Å². The monoisotopic (exact) mass is 433 g/mol. The van der Waals surface area contributed by atoms with Crippen LogP contribution in [0.25, 0.3) is 10.8 Å². The maximum absolute atomic E-state index is 8.84. The lowest BCUT2D eigenvalue weighted by molar-refractivity contribution is 0.303. The molecule has 0 aliphatic carbocycles. The molecule has 3 aromatic rings. The first kappa shape index (κ1) is 16.0. The average molecular weight is 435 g/mol. The first-order chi connectivity index (χ1) is 11.2. The standard InChI is InChI=1S/C18H13Br2NO2/c19-15-8-14(10-21-22)18(17(20)9-15)23-11-13-6-3-5-12-4-1-2-7-16(12)13/h1-10,22H,11H2/b21-10-. The van der Waals surface area contributed by atoms with Crippen LogP contribution in [-0.4, -0.2) is 11.4 Å². The Bertz CT molecular complexity index is 873. The predicted octanol–water partition coefficient (Wildman–Crippen LogP) is 5.75. The van der Waals surface area contributed by atoms with Gasteiger partial charge in [-0.05, 0) is 44.4 Å². The van der Waals surface area contributed by atoms with Gasteiger partial charge in [0, 0.05) is 10.0 Å². The molecule has 116 valence electrons. The highest BCUT2D eigenvalue weighted by Crippen LogP contribution is 2.33. The highest BCUT2D eigenvalue weighted by atomic mass is 79.9. The molecule has 3 rings (SSSR count). The van der Waals surface area contributed by atoms with Crippen LogP contribution in [-0.2, 0) is 6.61 Å². The number of benzene rings is 3. The smallest absolute Gasteiger partial charge is 0.142 e. The van der Waals surface area contributed by atoms with Crippen molar-refractivity contribution in [3.8, 4) is 5.75 Å². The van der Waals surface area contributed by atoms with Gasteiger partial charge in [0.1, 0.15) is 12.4 Å². The molecule has 0 atom stereocenters. The number of hydrogen-bond donors (Lipinski definition) is 1. The van der Waals surface area contributed by atoms with Gasteiger partial charge in [-0.25, -0.2) is 0 Å². The van der Waals surface area contributed by atoms with Crippen LogP contribution in [0.5, 0.6) is 5.75 Å². The van der Waals surface area contributed by atoms with Crippen molar-refractivity contribution >= 4 is 48.8 Å². The quantitative estimate of drug-likeness (QED) is 0.322.